The lowest BCUT2D eigenvalue weighted by atomic mass is 10.1. The summed E-state index contributed by atoms with van der Waals surface area (Å²) < 4.78 is 37.5. The van der Waals surface area contributed by atoms with Crippen molar-refractivity contribution in [3.05, 3.63) is 17.0 Å². The van der Waals surface area contributed by atoms with Gasteiger partial charge in [0.1, 0.15) is 17.0 Å². The van der Waals surface area contributed by atoms with E-state index in [9.17, 15) is 18.0 Å². The fourth-order valence-electron chi connectivity index (χ4n) is 1.71. The average molecular weight is 295 g/mol. The number of alkyl halides is 3. The quantitative estimate of drug-likeness (QED) is 0.817. The van der Waals surface area contributed by atoms with E-state index < -0.39 is 18.0 Å². The number of piperidine rings is 1. The molecule has 0 aromatic carbocycles. The Morgan fingerprint density at radius 3 is 2.79 bits per heavy atom. The van der Waals surface area contributed by atoms with Crippen molar-refractivity contribution in [1.82, 2.24) is 15.3 Å². The van der Waals surface area contributed by atoms with E-state index in [1.54, 1.807) is 0 Å². The van der Waals surface area contributed by atoms with Crippen molar-refractivity contribution in [3.8, 4) is 0 Å². The third-order valence-corrected chi connectivity index (χ3v) is 2.75. The average Bonchev–Trinajstić information content (AvgIpc) is 2.30. The topological polar surface area (TPSA) is 66.9 Å². The van der Waals surface area contributed by atoms with Crippen LogP contribution in [-0.4, -0.2) is 28.5 Å². The van der Waals surface area contributed by atoms with Crippen molar-refractivity contribution < 1.29 is 18.0 Å². The number of hydrogen-bond donors (Lipinski definition) is 2. The van der Waals surface area contributed by atoms with Crippen LogP contribution in [0.3, 0.4) is 0 Å². The van der Waals surface area contributed by atoms with E-state index in [1.165, 1.54) is 0 Å². The molecule has 1 aromatic heterocycles. The number of carbonyl (C=O) groups excluding carboxylic acids is 1. The van der Waals surface area contributed by atoms with Gasteiger partial charge in [0.15, 0.2) is 0 Å². The maximum absolute atomic E-state index is 12.5. The molecule has 1 atom stereocenters. The van der Waals surface area contributed by atoms with Gasteiger partial charge in [-0.1, -0.05) is 11.6 Å². The van der Waals surface area contributed by atoms with E-state index >= 15 is 0 Å². The van der Waals surface area contributed by atoms with E-state index in [0.717, 1.165) is 12.5 Å². The van der Waals surface area contributed by atoms with E-state index in [4.69, 9.17) is 11.6 Å². The highest BCUT2D eigenvalue weighted by atomic mass is 35.5. The molecule has 9 heteroatoms. The Bertz CT molecular complexity index is 494. The molecule has 0 spiro atoms. The Morgan fingerprint density at radius 1 is 1.42 bits per heavy atom. The van der Waals surface area contributed by atoms with E-state index in [1.807, 2.05) is 0 Å². The van der Waals surface area contributed by atoms with E-state index in [-0.39, 0.29) is 16.9 Å². The summed E-state index contributed by atoms with van der Waals surface area (Å²) in [4.78, 5) is 17.9. The maximum Gasteiger partial charge on any atom is 0.451 e. The number of halogens is 4. The summed E-state index contributed by atoms with van der Waals surface area (Å²) in [5, 5.41) is 4.92. The van der Waals surface area contributed by atoms with Crippen molar-refractivity contribution >= 4 is 23.3 Å². The minimum Gasteiger partial charge on any atom is -0.358 e. The maximum atomic E-state index is 12.5. The summed E-state index contributed by atoms with van der Waals surface area (Å²) in [6, 6.07) is 0.541. The van der Waals surface area contributed by atoms with Gasteiger partial charge < -0.3 is 10.6 Å². The zero-order valence-corrected chi connectivity index (χ0v) is 10.3. The first kappa shape index (κ1) is 13.9. The highest BCUT2D eigenvalue weighted by Crippen LogP contribution is 2.28. The highest BCUT2D eigenvalue weighted by Gasteiger charge is 2.35. The molecule has 0 bridgehead atoms. The molecule has 0 saturated carbocycles. The molecule has 2 heterocycles. The molecule has 0 radical (unpaired) electrons. The number of hydrogen-bond acceptors (Lipinski definition) is 4. The third-order valence-electron chi connectivity index (χ3n) is 2.56. The van der Waals surface area contributed by atoms with Gasteiger partial charge in [-0.15, -0.1) is 0 Å². The van der Waals surface area contributed by atoms with E-state index in [2.05, 4.69) is 20.6 Å². The van der Waals surface area contributed by atoms with Crippen LogP contribution in [0, 0.1) is 0 Å². The second-order valence-electron chi connectivity index (χ2n) is 4.03. The molecular formula is C10H10ClF3N4O. The molecule has 104 valence electrons. The van der Waals surface area contributed by atoms with Crippen LogP contribution in [0.5, 0.6) is 0 Å². The van der Waals surface area contributed by atoms with Gasteiger partial charge >= 0.3 is 6.18 Å². The molecule has 1 amide bonds. The predicted molar refractivity (Wildman–Crippen MR) is 61.7 cm³/mol. The van der Waals surface area contributed by atoms with Gasteiger partial charge in [-0.05, 0) is 12.8 Å². The standard InChI is InChI=1S/C10H10ClF3N4O/c11-6-4-7(18-9(17-6)10(12,13)14)16-5-2-1-3-15-8(5)19/h4-5H,1-3H2,(H,15,19)(H,16,17,18). The van der Waals surface area contributed by atoms with Gasteiger partial charge in [0.25, 0.3) is 0 Å². The van der Waals surface area contributed by atoms with Crippen LogP contribution in [0.2, 0.25) is 5.15 Å². The largest absolute Gasteiger partial charge is 0.451 e. The molecule has 1 aliphatic heterocycles. The van der Waals surface area contributed by atoms with Gasteiger partial charge in [-0.25, -0.2) is 9.97 Å². The molecule has 1 fully saturated rings. The molecule has 1 aliphatic rings. The molecule has 0 aliphatic carbocycles. The number of aromatic nitrogens is 2. The van der Waals surface area contributed by atoms with Gasteiger partial charge in [0.2, 0.25) is 11.7 Å². The lowest BCUT2D eigenvalue weighted by Crippen LogP contribution is -2.44. The molecule has 1 unspecified atom stereocenters. The monoisotopic (exact) mass is 294 g/mol. The Hall–Kier alpha value is -1.57. The smallest absolute Gasteiger partial charge is 0.358 e. The van der Waals surface area contributed by atoms with Crippen molar-refractivity contribution in [3.63, 3.8) is 0 Å². The van der Waals surface area contributed by atoms with Crippen molar-refractivity contribution in [1.29, 1.82) is 0 Å². The molecule has 19 heavy (non-hydrogen) atoms. The first-order valence-electron chi connectivity index (χ1n) is 5.52. The number of carbonyl (C=O) groups is 1. The molecule has 2 N–H and O–H groups in total. The SMILES string of the molecule is O=C1NCCCC1Nc1cc(Cl)nc(C(F)(F)F)n1. The lowest BCUT2D eigenvalue weighted by molar-refractivity contribution is -0.144. The summed E-state index contributed by atoms with van der Waals surface area (Å²) in [5.41, 5.74) is 0. The molecular weight excluding hydrogens is 285 g/mol. The van der Waals surface area contributed by atoms with Crippen LogP contribution in [0.25, 0.3) is 0 Å². The fourth-order valence-corrected chi connectivity index (χ4v) is 1.89. The van der Waals surface area contributed by atoms with Crippen LogP contribution >= 0.6 is 11.6 Å². The third kappa shape index (κ3) is 3.46. The Balaban J connectivity index is 2.20. The zero-order chi connectivity index (χ0) is 14.0. The molecule has 2 rings (SSSR count). The Kier molecular flexibility index (Phi) is 3.79. The second kappa shape index (κ2) is 5.20. The number of rotatable bonds is 2. The molecule has 5 nitrogen and oxygen atoms in total. The summed E-state index contributed by atoms with van der Waals surface area (Å²) in [6.45, 7) is 0.565. The first-order chi connectivity index (χ1) is 8.86. The number of nitrogens with one attached hydrogen (secondary N) is 2. The van der Waals surface area contributed by atoms with E-state index in [0.29, 0.717) is 13.0 Å². The number of nitrogens with zero attached hydrogens (tertiary/aromatic N) is 2. The zero-order valence-electron chi connectivity index (χ0n) is 9.59. The van der Waals surface area contributed by atoms with Gasteiger partial charge in [-0.2, -0.15) is 13.2 Å². The van der Waals surface area contributed by atoms with Gasteiger partial charge in [-0.3, -0.25) is 4.79 Å². The Labute approximate surface area is 111 Å². The van der Waals surface area contributed by atoms with Crippen molar-refractivity contribution in [2.45, 2.75) is 25.1 Å². The van der Waals surface area contributed by atoms with Crippen LogP contribution in [0.1, 0.15) is 18.7 Å². The van der Waals surface area contributed by atoms with Gasteiger partial charge in [0, 0.05) is 12.6 Å². The summed E-state index contributed by atoms with van der Waals surface area (Å²) in [7, 11) is 0. The number of anilines is 1. The summed E-state index contributed by atoms with van der Waals surface area (Å²) in [6.07, 6.45) is -3.42. The van der Waals surface area contributed by atoms with Gasteiger partial charge in [0.05, 0.1) is 0 Å². The highest BCUT2D eigenvalue weighted by molar-refractivity contribution is 6.29. The van der Waals surface area contributed by atoms with Crippen LogP contribution in [-0.2, 0) is 11.0 Å². The van der Waals surface area contributed by atoms with Crippen LogP contribution in [0.4, 0.5) is 19.0 Å². The van der Waals surface area contributed by atoms with Crippen LogP contribution in [0.15, 0.2) is 6.07 Å². The van der Waals surface area contributed by atoms with Crippen molar-refractivity contribution in [2.24, 2.45) is 0 Å². The second-order valence-corrected chi connectivity index (χ2v) is 4.41. The summed E-state index contributed by atoms with van der Waals surface area (Å²) in [5.74, 6) is -1.72. The minimum absolute atomic E-state index is 0.116. The van der Waals surface area contributed by atoms with Crippen LogP contribution < -0.4 is 10.6 Å². The lowest BCUT2D eigenvalue weighted by Gasteiger charge is -2.23. The first-order valence-corrected chi connectivity index (χ1v) is 5.90. The minimum atomic E-state index is -4.68. The number of amides is 1. The normalized spacial score (nSPS) is 20.0. The molecule has 1 saturated heterocycles. The predicted octanol–water partition coefficient (Wildman–Crippen LogP) is 1.84. The summed E-state index contributed by atoms with van der Waals surface area (Å²) >= 11 is 5.52. The van der Waals surface area contributed by atoms with Crippen molar-refractivity contribution in [2.75, 3.05) is 11.9 Å². The fraction of sp³-hybridized carbons (Fsp3) is 0.500. The Morgan fingerprint density at radius 2 is 2.16 bits per heavy atom. The molecule has 1 aromatic rings.